The molecule has 13 heavy (non-hydrogen) atoms. The maximum absolute atomic E-state index is 8.55. The first kappa shape index (κ1) is 10.5. The molecule has 1 rings (SSSR count). The van der Waals surface area contributed by atoms with Crippen LogP contribution >= 0.6 is 0 Å². The number of nitriles is 1. The minimum atomic E-state index is 0.554. The van der Waals surface area contributed by atoms with Crippen molar-refractivity contribution in [1.82, 2.24) is 10.2 Å². The van der Waals surface area contributed by atoms with E-state index in [1.807, 2.05) is 0 Å². The van der Waals surface area contributed by atoms with Gasteiger partial charge in [-0.15, -0.1) is 0 Å². The standard InChI is InChI=1S/C10H19N3/c1-9(2)13(7-3-5-11)10-4-6-12-8-10/h9-10,12H,3-4,6-8H2,1-2H3. The summed E-state index contributed by atoms with van der Waals surface area (Å²) in [6, 6.07) is 3.41. The number of rotatable bonds is 4. The van der Waals surface area contributed by atoms with Gasteiger partial charge in [0.15, 0.2) is 0 Å². The van der Waals surface area contributed by atoms with Gasteiger partial charge in [0.2, 0.25) is 0 Å². The largest absolute Gasteiger partial charge is 0.315 e. The Kier molecular flexibility index (Phi) is 4.20. The van der Waals surface area contributed by atoms with Crippen molar-refractivity contribution >= 4 is 0 Å². The van der Waals surface area contributed by atoms with Gasteiger partial charge in [0.05, 0.1) is 6.07 Å². The fraction of sp³-hybridized carbons (Fsp3) is 0.900. The number of nitrogens with zero attached hydrogens (tertiary/aromatic N) is 2. The van der Waals surface area contributed by atoms with Crippen LogP contribution < -0.4 is 5.32 Å². The molecule has 0 amide bonds. The maximum Gasteiger partial charge on any atom is 0.0635 e. The van der Waals surface area contributed by atoms with Crippen molar-refractivity contribution in [2.45, 2.75) is 38.8 Å². The normalized spacial score (nSPS) is 22.5. The fourth-order valence-electron chi connectivity index (χ4n) is 1.96. The van der Waals surface area contributed by atoms with Crippen LogP contribution in [0.15, 0.2) is 0 Å². The molecule has 1 fully saturated rings. The summed E-state index contributed by atoms with van der Waals surface area (Å²) in [7, 11) is 0. The molecule has 0 radical (unpaired) electrons. The van der Waals surface area contributed by atoms with Crippen LogP contribution in [0.25, 0.3) is 0 Å². The summed E-state index contributed by atoms with van der Waals surface area (Å²) in [4.78, 5) is 2.43. The van der Waals surface area contributed by atoms with Crippen LogP contribution in [0.4, 0.5) is 0 Å². The molecule has 3 nitrogen and oxygen atoms in total. The summed E-state index contributed by atoms with van der Waals surface area (Å²) in [5, 5.41) is 11.9. The molecule has 0 aliphatic carbocycles. The zero-order chi connectivity index (χ0) is 9.68. The predicted molar refractivity (Wildman–Crippen MR) is 53.3 cm³/mol. The highest BCUT2D eigenvalue weighted by molar-refractivity contribution is 4.84. The second kappa shape index (κ2) is 5.21. The molecule has 1 unspecified atom stereocenters. The van der Waals surface area contributed by atoms with Crippen LogP contribution in [0.3, 0.4) is 0 Å². The molecule has 1 heterocycles. The summed E-state index contributed by atoms with van der Waals surface area (Å²) in [6.45, 7) is 7.54. The maximum atomic E-state index is 8.55. The lowest BCUT2D eigenvalue weighted by Crippen LogP contribution is -2.42. The Bertz CT molecular complexity index is 177. The highest BCUT2D eigenvalue weighted by Crippen LogP contribution is 2.12. The number of hydrogen-bond donors (Lipinski definition) is 1. The number of nitrogens with one attached hydrogen (secondary N) is 1. The van der Waals surface area contributed by atoms with E-state index in [9.17, 15) is 0 Å². The Morgan fingerprint density at radius 1 is 1.62 bits per heavy atom. The van der Waals surface area contributed by atoms with Crippen molar-refractivity contribution < 1.29 is 0 Å². The summed E-state index contributed by atoms with van der Waals surface area (Å²) < 4.78 is 0. The third kappa shape index (κ3) is 2.98. The molecule has 0 spiro atoms. The topological polar surface area (TPSA) is 39.1 Å². The summed E-state index contributed by atoms with van der Waals surface area (Å²) >= 11 is 0. The summed E-state index contributed by atoms with van der Waals surface area (Å²) in [6.07, 6.45) is 1.87. The van der Waals surface area contributed by atoms with E-state index in [1.165, 1.54) is 6.42 Å². The Hall–Kier alpha value is -0.590. The second-order valence-electron chi connectivity index (χ2n) is 3.89. The molecule has 74 valence electrons. The highest BCUT2D eigenvalue weighted by atomic mass is 15.2. The van der Waals surface area contributed by atoms with Crippen molar-refractivity contribution in [1.29, 1.82) is 5.26 Å². The van der Waals surface area contributed by atoms with Gasteiger partial charge in [0, 0.05) is 31.6 Å². The lowest BCUT2D eigenvalue weighted by Gasteiger charge is -2.31. The van der Waals surface area contributed by atoms with Gasteiger partial charge in [-0.05, 0) is 26.8 Å². The molecular weight excluding hydrogens is 162 g/mol. The molecule has 0 aromatic carbocycles. The summed E-state index contributed by atoms with van der Waals surface area (Å²) in [5.41, 5.74) is 0. The molecule has 0 bridgehead atoms. The van der Waals surface area contributed by atoms with E-state index in [-0.39, 0.29) is 0 Å². The van der Waals surface area contributed by atoms with Crippen molar-refractivity contribution in [3.8, 4) is 6.07 Å². The van der Waals surface area contributed by atoms with Gasteiger partial charge in [-0.25, -0.2) is 0 Å². The Morgan fingerprint density at radius 3 is 2.85 bits per heavy atom. The first-order valence-electron chi connectivity index (χ1n) is 5.09. The average molecular weight is 181 g/mol. The molecule has 0 saturated carbocycles. The van der Waals surface area contributed by atoms with Gasteiger partial charge >= 0.3 is 0 Å². The van der Waals surface area contributed by atoms with E-state index in [1.54, 1.807) is 0 Å². The van der Waals surface area contributed by atoms with E-state index in [4.69, 9.17) is 5.26 Å². The second-order valence-corrected chi connectivity index (χ2v) is 3.89. The van der Waals surface area contributed by atoms with E-state index in [0.29, 0.717) is 18.5 Å². The Morgan fingerprint density at radius 2 is 2.38 bits per heavy atom. The minimum Gasteiger partial charge on any atom is -0.315 e. The van der Waals surface area contributed by atoms with Crippen LogP contribution in [0.5, 0.6) is 0 Å². The third-order valence-corrected chi connectivity index (χ3v) is 2.65. The van der Waals surface area contributed by atoms with E-state index < -0.39 is 0 Å². The van der Waals surface area contributed by atoms with Gasteiger partial charge < -0.3 is 5.32 Å². The van der Waals surface area contributed by atoms with Crippen molar-refractivity contribution in [3.05, 3.63) is 0 Å². The average Bonchev–Trinajstić information content (AvgIpc) is 2.57. The molecule has 1 aliphatic rings. The lowest BCUT2D eigenvalue weighted by molar-refractivity contribution is 0.167. The van der Waals surface area contributed by atoms with Crippen LogP contribution in [0.2, 0.25) is 0 Å². The first-order valence-corrected chi connectivity index (χ1v) is 5.09. The van der Waals surface area contributed by atoms with Gasteiger partial charge in [-0.1, -0.05) is 0 Å². The third-order valence-electron chi connectivity index (χ3n) is 2.65. The van der Waals surface area contributed by atoms with Gasteiger partial charge in [0.1, 0.15) is 0 Å². The van der Waals surface area contributed by atoms with Crippen molar-refractivity contribution in [2.24, 2.45) is 0 Å². The molecule has 0 aromatic heterocycles. The van der Waals surface area contributed by atoms with Crippen molar-refractivity contribution in [2.75, 3.05) is 19.6 Å². The molecule has 1 N–H and O–H groups in total. The predicted octanol–water partition coefficient (Wildman–Crippen LogP) is 0.972. The monoisotopic (exact) mass is 181 g/mol. The SMILES string of the molecule is CC(C)N(CCC#N)C1CCNC1. The highest BCUT2D eigenvalue weighted by Gasteiger charge is 2.23. The zero-order valence-corrected chi connectivity index (χ0v) is 8.58. The van der Waals surface area contributed by atoms with E-state index in [0.717, 1.165) is 19.6 Å². The Labute approximate surface area is 80.7 Å². The lowest BCUT2D eigenvalue weighted by atomic mass is 10.1. The fourth-order valence-corrected chi connectivity index (χ4v) is 1.96. The van der Waals surface area contributed by atoms with E-state index in [2.05, 4.69) is 30.1 Å². The molecule has 1 aliphatic heterocycles. The van der Waals surface area contributed by atoms with Gasteiger partial charge in [0.25, 0.3) is 0 Å². The molecule has 0 aromatic rings. The summed E-state index contributed by atoms with van der Waals surface area (Å²) in [5.74, 6) is 0. The van der Waals surface area contributed by atoms with Crippen LogP contribution in [-0.2, 0) is 0 Å². The molecular formula is C10H19N3. The van der Waals surface area contributed by atoms with Crippen LogP contribution in [-0.4, -0.2) is 36.6 Å². The minimum absolute atomic E-state index is 0.554. The first-order chi connectivity index (χ1) is 6.25. The number of hydrogen-bond acceptors (Lipinski definition) is 3. The smallest absolute Gasteiger partial charge is 0.0635 e. The quantitative estimate of drug-likeness (QED) is 0.702. The van der Waals surface area contributed by atoms with E-state index >= 15 is 0 Å². The zero-order valence-electron chi connectivity index (χ0n) is 8.58. The van der Waals surface area contributed by atoms with Crippen LogP contribution in [0.1, 0.15) is 26.7 Å². The van der Waals surface area contributed by atoms with Gasteiger partial charge in [-0.3, -0.25) is 4.90 Å². The van der Waals surface area contributed by atoms with Crippen LogP contribution in [0, 0.1) is 11.3 Å². The Balaban J connectivity index is 2.41. The molecule has 3 heteroatoms. The van der Waals surface area contributed by atoms with Gasteiger partial charge in [-0.2, -0.15) is 5.26 Å². The molecule has 1 atom stereocenters. The molecule has 1 saturated heterocycles. The van der Waals surface area contributed by atoms with Crippen molar-refractivity contribution in [3.63, 3.8) is 0 Å².